The van der Waals surface area contributed by atoms with Gasteiger partial charge < -0.3 is 16.2 Å². The highest BCUT2D eigenvalue weighted by Gasteiger charge is 2.32. The van der Waals surface area contributed by atoms with Crippen LogP contribution in [0.2, 0.25) is 0 Å². The molecule has 0 aromatic carbocycles. The Morgan fingerprint density at radius 1 is 1.44 bits per heavy atom. The lowest BCUT2D eigenvalue weighted by atomic mass is 9.95. The first-order valence-corrected chi connectivity index (χ1v) is 5.58. The summed E-state index contributed by atoms with van der Waals surface area (Å²) < 4.78 is 0. The molecule has 0 aromatic rings. The second kappa shape index (κ2) is 5.84. The summed E-state index contributed by atoms with van der Waals surface area (Å²) in [6.07, 6.45) is 1.15. The van der Waals surface area contributed by atoms with E-state index in [4.69, 9.17) is 10.8 Å². The number of hydrogen-bond donors (Lipinski definition) is 3. The molecule has 94 valence electrons. The van der Waals surface area contributed by atoms with E-state index in [1.807, 2.05) is 6.92 Å². The van der Waals surface area contributed by atoms with E-state index < -0.39 is 23.5 Å². The molecule has 16 heavy (non-hydrogen) atoms. The van der Waals surface area contributed by atoms with E-state index in [0.29, 0.717) is 12.8 Å². The summed E-state index contributed by atoms with van der Waals surface area (Å²) in [4.78, 5) is 22.7. The summed E-state index contributed by atoms with van der Waals surface area (Å²) in [5.74, 6) is -1.55. The zero-order chi connectivity index (χ0) is 12.9. The highest BCUT2D eigenvalue weighted by molar-refractivity contribution is 5.89. The molecule has 0 fully saturated rings. The van der Waals surface area contributed by atoms with Crippen molar-refractivity contribution in [3.63, 3.8) is 0 Å². The minimum atomic E-state index is -1.02. The average Bonchev–Trinajstić information content (AvgIpc) is 2.23. The normalized spacial score (nSPS) is 18.3. The Kier molecular flexibility index (Phi) is 5.44. The van der Waals surface area contributed by atoms with Gasteiger partial charge in [0.2, 0.25) is 5.91 Å². The first kappa shape index (κ1) is 14.9. The fourth-order valence-electron chi connectivity index (χ4n) is 1.15. The van der Waals surface area contributed by atoms with Gasteiger partial charge in [-0.15, -0.1) is 0 Å². The first-order chi connectivity index (χ1) is 7.26. The van der Waals surface area contributed by atoms with Gasteiger partial charge in [0.15, 0.2) is 0 Å². The number of carbonyl (C=O) groups is 2. The van der Waals surface area contributed by atoms with E-state index >= 15 is 0 Å². The lowest BCUT2D eigenvalue weighted by Crippen LogP contribution is -2.56. The summed E-state index contributed by atoms with van der Waals surface area (Å²) in [6.45, 7) is 7.06. The van der Waals surface area contributed by atoms with Crippen molar-refractivity contribution in [1.82, 2.24) is 5.32 Å². The molecule has 0 rings (SSSR count). The van der Waals surface area contributed by atoms with Crippen LogP contribution >= 0.6 is 0 Å². The lowest BCUT2D eigenvalue weighted by Gasteiger charge is -2.26. The molecular weight excluding hydrogens is 208 g/mol. The van der Waals surface area contributed by atoms with Gasteiger partial charge in [-0.2, -0.15) is 0 Å². The van der Waals surface area contributed by atoms with E-state index in [-0.39, 0.29) is 5.92 Å². The molecule has 0 aliphatic carbocycles. The van der Waals surface area contributed by atoms with Crippen LogP contribution in [0.3, 0.4) is 0 Å². The van der Waals surface area contributed by atoms with Crippen LogP contribution in [-0.4, -0.2) is 28.6 Å². The van der Waals surface area contributed by atoms with E-state index in [9.17, 15) is 9.59 Å². The van der Waals surface area contributed by atoms with E-state index in [1.165, 1.54) is 0 Å². The van der Waals surface area contributed by atoms with Crippen molar-refractivity contribution >= 4 is 11.9 Å². The van der Waals surface area contributed by atoms with Crippen molar-refractivity contribution < 1.29 is 14.7 Å². The van der Waals surface area contributed by atoms with Crippen LogP contribution in [0.4, 0.5) is 0 Å². The average molecular weight is 230 g/mol. The van der Waals surface area contributed by atoms with Crippen LogP contribution in [-0.2, 0) is 9.59 Å². The van der Waals surface area contributed by atoms with Crippen molar-refractivity contribution in [2.24, 2.45) is 11.7 Å². The van der Waals surface area contributed by atoms with Gasteiger partial charge in [-0.25, -0.2) is 4.79 Å². The molecule has 0 aliphatic heterocycles. The van der Waals surface area contributed by atoms with Crippen LogP contribution < -0.4 is 11.1 Å². The zero-order valence-corrected chi connectivity index (χ0v) is 10.4. The van der Waals surface area contributed by atoms with Crippen LogP contribution in [0.1, 0.15) is 40.5 Å². The topological polar surface area (TPSA) is 92.4 Å². The molecule has 2 unspecified atom stereocenters. The predicted molar refractivity (Wildman–Crippen MR) is 61.9 cm³/mol. The molecule has 5 nitrogen and oxygen atoms in total. The molecule has 0 aliphatic rings. The second-order valence-corrected chi connectivity index (χ2v) is 4.45. The number of hydrogen-bond acceptors (Lipinski definition) is 3. The van der Waals surface area contributed by atoms with Crippen molar-refractivity contribution in [3.8, 4) is 0 Å². The van der Waals surface area contributed by atoms with Gasteiger partial charge in [-0.05, 0) is 19.3 Å². The van der Waals surface area contributed by atoms with Gasteiger partial charge in [0.1, 0.15) is 6.04 Å². The third-order valence-electron chi connectivity index (χ3n) is 3.02. The number of carboxylic acid groups (broad SMARTS) is 1. The van der Waals surface area contributed by atoms with E-state index in [0.717, 1.165) is 0 Å². The highest BCUT2D eigenvalue weighted by atomic mass is 16.4. The van der Waals surface area contributed by atoms with Gasteiger partial charge in [-0.3, -0.25) is 4.79 Å². The van der Waals surface area contributed by atoms with Crippen LogP contribution in [0.5, 0.6) is 0 Å². The molecule has 1 amide bonds. The van der Waals surface area contributed by atoms with Crippen LogP contribution in [0.25, 0.3) is 0 Å². The Bertz CT molecular complexity index is 264. The van der Waals surface area contributed by atoms with E-state index in [2.05, 4.69) is 5.32 Å². The number of carbonyl (C=O) groups excluding carboxylic acids is 1. The number of nitrogens with two attached hydrogens (primary N) is 1. The third kappa shape index (κ3) is 3.81. The zero-order valence-electron chi connectivity index (χ0n) is 10.4. The summed E-state index contributed by atoms with van der Waals surface area (Å²) in [5.41, 5.74) is 4.73. The number of aliphatic carboxylic acids is 1. The van der Waals surface area contributed by atoms with Gasteiger partial charge in [-0.1, -0.05) is 27.2 Å². The minimum Gasteiger partial charge on any atom is -0.480 e. The lowest BCUT2D eigenvalue weighted by molar-refractivity contribution is -0.144. The van der Waals surface area contributed by atoms with Crippen LogP contribution in [0.15, 0.2) is 0 Å². The Hall–Kier alpha value is -1.10. The molecule has 0 saturated heterocycles. The van der Waals surface area contributed by atoms with Crippen molar-refractivity contribution in [1.29, 1.82) is 0 Å². The maximum atomic E-state index is 11.7. The van der Waals surface area contributed by atoms with Crippen molar-refractivity contribution in [2.75, 3.05) is 0 Å². The monoisotopic (exact) mass is 230 g/mol. The summed E-state index contributed by atoms with van der Waals surface area (Å²) >= 11 is 0. The standard InChI is InChI=1S/C11H22N2O3/c1-5-7(3)8(9(14)15)13-10(16)11(4,12)6-2/h7-8H,5-6,12H2,1-4H3,(H,13,16)(H,14,15)/t7?,8-,11?/m0/s1. The van der Waals surface area contributed by atoms with Crippen molar-refractivity contribution in [2.45, 2.75) is 52.1 Å². The number of rotatable bonds is 6. The van der Waals surface area contributed by atoms with Gasteiger partial charge >= 0.3 is 5.97 Å². The molecule has 0 radical (unpaired) electrons. The second-order valence-electron chi connectivity index (χ2n) is 4.45. The Labute approximate surface area is 96.4 Å². The molecule has 5 heteroatoms. The highest BCUT2D eigenvalue weighted by Crippen LogP contribution is 2.11. The van der Waals surface area contributed by atoms with Crippen LogP contribution in [0, 0.1) is 5.92 Å². The molecule has 4 N–H and O–H groups in total. The molecule has 0 aromatic heterocycles. The molecule has 0 bridgehead atoms. The Morgan fingerprint density at radius 3 is 2.25 bits per heavy atom. The molecule has 0 spiro atoms. The first-order valence-electron chi connectivity index (χ1n) is 5.58. The predicted octanol–water partition coefficient (Wildman–Crippen LogP) is 0.729. The third-order valence-corrected chi connectivity index (χ3v) is 3.02. The van der Waals surface area contributed by atoms with Crippen molar-refractivity contribution in [3.05, 3.63) is 0 Å². The maximum Gasteiger partial charge on any atom is 0.326 e. The fourth-order valence-corrected chi connectivity index (χ4v) is 1.15. The maximum absolute atomic E-state index is 11.7. The van der Waals surface area contributed by atoms with Gasteiger partial charge in [0.25, 0.3) is 0 Å². The molecule has 0 saturated carbocycles. The number of nitrogens with one attached hydrogen (secondary N) is 1. The fraction of sp³-hybridized carbons (Fsp3) is 0.818. The van der Waals surface area contributed by atoms with E-state index in [1.54, 1.807) is 20.8 Å². The molecule has 0 heterocycles. The minimum absolute atomic E-state index is 0.117. The van der Waals surface area contributed by atoms with Gasteiger partial charge in [0.05, 0.1) is 5.54 Å². The largest absolute Gasteiger partial charge is 0.480 e. The molecule has 3 atom stereocenters. The summed E-state index contributed by atoms with van der Waals surface area (Å²) in [6, 6.07) is -0.869. The molecular formula is C11H22N2O3. The summed E-state index contributed by atoms with van der Waals surface area (Å²) in [5, 5.41) is 11.5. The van der Waals surface area contributed by atoms with Gasteiger partial charge in [0, 0.05) is 0 Å². The smallest absolute Gasteiger partial charge is 0.326 e. The number of carboxylic acids is 1. The Balaban J connectivity index is 4.65. The number of amides is 1. The Morgan fingerprint density at radius 2 is 1.94 bits per heavy atom. The SMILES string of the molecule is CCC(C)[C@H](NC(=O)C(C)(N)CC)C(=O)O. The summed E-state index contributed by atoms with van der Waals surface area (Å²) in [7, 11) is 0. The quantitative estimate of drug-likeness (QED) is 0.627.